The van der Waals surface area contributed by atoms with Gasteiger partial charge in [-0.1, -0.05) is 11.6 Å². The minimum absolute atomic E-state index is 0.275. The number of carbonyl (C=O) groups is 1. The van der Waals surface area contributed by atoms with E-state index in [2.05, 4.69) is 16.4 Å². The summed E-state index contributed by atoms with van der Waals surface area (Å²) in [6.45, 7) is 5.66. The van der Waals surface area contributed by atoms with Gasteiger partial charge < -0.3 is 10.1 Å². The fraction of sp³-hybridized carbons (Fsp3) is 0.556. The molecule has 4 nitrogen and oxygen atoms in total. The molecule has 0 aliphatic heterocycles. The molecule has 0 bridgehead atoms. The second-order valence-electron chi connectivity index (χ2n) is 7.69. The second-order valence-corrected chi connectivity index (χ2v) is 7.69. The van der Waals surface area contributed by atoms with Crippen LogP contribution in [0.5, 0.6) is 0 Å². The fourth-order valence-electron chi connectivity index (χ4n) is 3.56. The number of alkyl carbamates (subject to hydrolysis) is 1. The Morgan fingerprint density at radius 2 is 1.95 bits per heavy atom. The fourth-order valence-corrected chi connectivity index (χ4v) is 3.56. The highest BCUT2D eigenvalue weighted by molar-refractivity contribution is 5.68. The number of nitrogens with zero attached hydrogens (tertiary/aromatic N) is 1. The lowest BCUT2D eigenvalue weighted by atomic mass is 9.52. The molecule has 1 heterocycles. The van der Waals surface area contributed by atoms with Crippen LogP contribution in [0.1, 0.15) is 52.0 Å². The molecule has 2 fully saturated rings. The number of aromatic nitrogens is 1. The number of carbonyl (C=O) groups excluding carboxylic acids is 1. The third-order valence-corrected chi connectivity index (χ3v) is 4.36. The van der Waals surface area contributed by atoms with E-state index in [-0.39, 0.29) is 12.1 Å². The van der Waals surface area contributed by atoms with E-state index >= 15 is 0 Å². The number of amides is 1. The van der Waals surface area contributed by atoms with Gasteiger partial charge >= 0.3 is 6.09 Å². The van der Waals surface area contributed by atoms with Gasteiger partial charge in [-0.15, -0.1) is 0 Å². The molecule has 0 saturated heterocycles. The van der Waals surface area contributed by atoms with E-state index in [0.717, 1.165) is 25.7 Å². The van der Waals surface area contributed by atoms with Gasteiger partial charge in [-0.05, 0) is 69.6 Å². The maximum absolute atomic E-state index is 11.7. The molecule has 2 saturated carbocycles. The SMILES string of the molecule is CC(C)(C)OC(=O)NC1CC2(CC(=Cc3ccncc3)C2)C1. The van der Waals surface area contributed by atoms with Crippen LogP contribution in [0.25, 0.3) is 6.08 Å². The number of ether oxygens (including phenoxy) is 1. The number of pyridine rings is 1. The normalized spacial score (nSPS) is 26.9. The molecule has 0 aromatic carbocycles. The topological polar surface area (TPSA) is 51.2 Å². The van der Waals surface area contributed by atoms with Gasteiger partial charge in [0.15, 0.2) is 0 Å². The van der Waals surface area contributed by atoms with Crippen molar-refractivity contribution in [2.75, 3.05) is 0 Å². The first kappa shape index (κ1) is 15.1. The van der Waals surface area contributed by atoms with E-state index in [4.69, 9.17) is 4.74 Å². The van der Waals surface area contributed by atoms with Gasteiger partial charge in [0.1, 0.15) is 5.60 Å². The predicted molar refractivity (Wildman–Crippen MR) is 86.3 cm³/mol. The summed E-state index contributed by atoms with van der Waals surface area (Å²) in [6, 6.07) is 4.34. The number of rotatable bonds is 2. The summed E-state index contributed by atoms with van der Waals surface area (Å²) in [5.41, 5.74) is 2.73. The zero-order chi connectivity index (χ0) is 15.8. The summed E-state index contributed by atoms with van der Waals surface area (Å²) >= 11 is 0. The largest absolute Gasteiger partial charge is 0.444 e. The molecule has 2 aliphatic rings. The molecule has 1 aromatic rings. The van der Waals surface area contributed by atoms with Gasteiger partial charge in [-0.3, -0.25) is 4.98 Å². The summed E-state index contributed by atoms with van der Waals surface area (Å²) < 4.78 is 5.30. The standard InChI is InChI=1S/C18H24N2O2/c1-17(2,3)22-16(21)20-15-11-18(12-15)9-14(10-18)8-13-4-6-19-7-5-13/h4-8,15H,9-12H2,1-3H3,(H,20,21). The van der Waals surface area contributed by atoms with Gasteiger partial charge in [0.05, 0.1) is 0 Å². The molecule has 118 valence electrons. The molecular weight excluding hydrogens is 276 g/mol. The van der Waals surface area contributed by atoms with E-state index < -0.39 is 5.60 Å². The molecule has 4 heteroatoms. The Kier molecular flexibility index (Phi) is 3.71. The van der Waals surface area contributed by atoms with Crippen molar-refractivity contribution >= 4 is 12.2 Å². The van der Waals surface area contributed by atoms with E-state index in [1.165, 1.54) is 11.1 Å². The average Bonchev–Trinajstić information content (AvgIpc) is 2.32. The molecule has 0 unspecified atom stereocenters. The molecule has 1 spiro atoms. The summed E-state index contributed by atoms with van der Waals surface area (Å²) in [5.74, 6) is 0. The smallest absolute Gasteiger partial charge is 0.407 e. The van der Waals surface area contributed by atoms with Crippen molar-refractivity contribution in [1.29, 1.82) is 0 Å². The Morgan fingerprint density at radius 1 is 1.32 bits per heavy atom. The van der Waals surface area contributed by atoms with Gasteiger partial charge in [0, 0.05) is 18.4 Å². The molecule has 1 aromatic heterocycles. The quantitative estimate of drug-likeness (QED) is 0.900. The highest BCUT2D eigenvalue weighted by Crippen LogP contribution is 2.58. The van der Waals surface area contributed by atoms with Crippen molar-refractivity contribution in [2.24, 2.45) is 5.41 Å². The maximum atomic E-state index is 11.7. The first-order chi connectivity index (χ1) is 10.3. The third kappa shape index (κ3) is 3.49. The summed E-state index contributed by atoms with van der Waals surface area (Å²) in [4.78, 5) is 15.8. The second kappa shape index (κ2) is 5.41. The summed E-state index contributed by atoms with van der Waals surface area (Å²) in [5, 5.41) is 2.97. The Hall–Kier alpha value is -1.84. The Morgan fingerprint density at radius 3 is 2.55 bits per heavy atom. The average molecular weight is 300 g/mol. The zero-order valence-corrected chi connectivity index (χ0v) is 13.6. The van der Waals surface area contributed by atoms with Crippen LogP contribution >= 0.6 is 0 Å². The van der Waals surface area contributed by atoms with Gasteiger partial charge in [0.2, 0.25) is 0 Å². The first-order valence-corrected chi connectivity index (χ1v) is 7.93. The van der Waals surface area contributed by atoms with Gasteiger partial charge in [-0.2, -0.15) is 0 Å². The first-order valence-electron chi connectivity index (χ1n) is 7.93. The number of nitrogens with one attached hydrogen (secondary N) is 1. The lowest BCUT2D eigenvalue weighted by Crippen LogP contribution is -2.54. The number of hydrogen-bond donors (Lipinski definition) is 1. The Bertz CT molecular complexity index is 571. The number of hydrogen-bond acceptors (Lipinski definition) is 3. The predicted octanol–water partition coefficient (Wildman–Crippen LogP) is 3.93. The minimum Gasteiger partial charge on any atom is -0.444 e. The molecule has 0 atom stereocenters. The van der Waals surface area contributed by atoms with Crippen LogP contribution in [0.15, 0.2) is 30.1 Å². The van der Waals surface area contributed by atoms with E-state index in [1.807, 2.05) is 45.3 Å². The van der Waals surface area contributed by atoms with Crippen molar-refractivity contribution in [3.8, 4) is 0 Å². The molecular formula is C18H24N2O2. The van der Waals surface area contributed by atoms with Crippen molar-refractivity contribution in [1.82, 2.24) is 10.3 Å². The zero-order valence-electron chi connectivity index (χ0n) is 13.6. The monoisotopic (exact) mass is 300 g/mol. The van der Waals surface area contributed by atoms with Crippen LogP contribution < -0.4 is 5.32 Å². The van der Waals surface area contributed by atoms with Crippen molar-refractivity contribution in [3.05, 3.63) is 35.7 Å². The van der Waals surface area contributed by atoms with Crippen LogP contribution in [0.4, 0.5) is 4.79 Å². The van der Waals surface area contributed by atoms with E-state index in [9.17, 15) is 4.79 Å². The summed E-state index contributed by atoms with van der Waals surface area (Å²) in [7, 11) is 0. The van der Waals surface area contributed by atoms with Gasteiger partial charge in [0.25, 0.3) is 0 Å². The number of allylic oxidation sites excluding steroid dienone is 1. The van der Waals surface area contributed by atoms with Crippen LogP contribution in [0.3, 0.4) is 0 Å². The summed E-state index contributed by atoms with van der Waals surface area (Å²) in [6.07, 6.45) is 10.1. The van der Waals surface area contributed by atoms with Crippen molar-refractivity contribution < 1.29 is 9.53 Å². The molecule has 2 aliphatic carbocycles. The Balaban J connectivity index is 1.43. The minimum atomic E-state index is -0.428. The van der Waals surface area contributed by atoms with Crippen LogP contribution in [0, 0.1) is 5.41 Å². The third-order valence-electron chi connectivity index (χ3n) is 4.36. The van der Waals surface area contributed by atoms with Crippen LogP contribution in [-0.4, -0.2) is 22.7 Å². The lowest BCUT2D eigenvalue weighted by molar-refractivity contribution is 0.0174. The highest BCUT2D eigenvalue weighted by atomic mass is 16.6. The van der Waals surface area contributed by atoms with E-state index in [0.29, 0.717) is 5.41 Å². The van der Waals surface area contributed by atoms with Crippen LogP contribution in [0.2, 0.25) is 0 Å². The van der Waals surface area contributed by atoms with Crippen molar-refractivity contribution in [2.45, 2.75) is 58.1 Å². The maximum Gasteiger partial charge on any atom is 0.407 e. The van der Waals surface area contributed by atoms with E-state index in [1.54, 1.807) is 0 Å². The highest BCUT2D eigenvalue weighted by Gasteiger charge is 2.51. The molecule has 0 radical (unpaired) electrons. The molecule has 3 rings (SSSR count). The van der Waals surface area contributed by atoms with Gasteiger partial charge in [-0.25, -0.2) is 4.79 Å². The molecule has 1 amide bonds. The van der Waals surface area contributed by atoms with Crippen LogP contribution in [-0.2, 0) is 4.74 Å². The lowest BCUT2D eigenvalue weighted by Gasteiger charge is -2.55. The molecule has 22 heavy (non-hydrogen) atoms. The Labute approximate surface area is 132 Å². The van der Waals surface area contributed by atoms with Crippen molar-refractivity contribution in [3.63, 3.8) is 0 Å². The molecule has 1 N–H and O–H groups in total.